The molecule has 1 aliphatic heterocycles. The third-order valence-electron chi connectivity index (χ3n) is 4.30. The van der Waals surface area contributed by atoms with Gasteiger partial charge in [-0.3, -0.25) is 4.79 Å². The molecule has 0 saturated heterocycles. The van der Waals surface area contributed by atoms with Gasteiger partial charge >= 0.3 is 0 Å². The van der Waals surface area contributed by atoms with Crippen molar-refractivity contribution < 1.29 is 9.53 Å². The Kier molecular flexibility index (Phi) is 2.86. The zero-order chi connectivity index (χ0) is 12.8. The van der Waals surface area contributed by atoms with Crippen LogP contribution in [0.2, 0.25) is 5.02 Å². The molecule has 1 aromatic carbocycles. The van der Waals surface area contributed by atoms with E-state index in [2.05, 4.69) is 6.92 Å². The molecular formula is C15H17ClO2. The van der Waals surface area contributed by atoms with Gasteiger partial charge < -0.3 is 4.74 Å². The molecule has 1 heterocycles. The lowest BCUT2D eigenvalue weighted by atomic mass is 9.87. The maximum Gasteiger partial charge on any atom is 0.170 e. The largest absolute Gasteiger partial charge is 0.486 e. The van der Waals surface area contributed by atoms with Gasteiger partial charge in [0.1, 0.15) is 11.4 Å². The summed E-state index contributed by atoms with van der Waals surface area (Å²) in [7, 11) is 0. The van der Waals surface area contributed by atoms with Gasteiger partial charge in [0.05, 0.1) is 12.0 Å². The van der Waals surface area contributed by atoms with Crippen LogP contribution in [-0.2, 0) is 0 Å². The van der Waals surface area contributed by atoms with Crippen molar-refractivity contribution in [1.82, 2.24) is 0 Å². The Bertz CT molecular complexity index is 497. The summed E-state index contributed by atoms with van der Waals surface area (Å²) in [6.07, 6.45) is 4.87. The van der Waals surface area contributed by atoms with Gasteiger partial charge in [0.25, 0.3) is 0 Å². The molecule has 0 radical (unpaired) electrons. The van der Waals surface area contributed by atoms with Gasteiger partial charge in [0.15, 0.2) is 5.78 Å². The summed E-state index contributed by atoms with van der Waals surface area (Å²) in [5, 5.41) is 0.597. The number of hydrogen-bond donors (Lipinski definition) is 0. The molecule has 0 bridgehead atoms. The van der Waals surface area contributed by atoms with Gasteiger partial charge in [-0.15, -0.1) is 0 Å². The number of fused-ring (bicyclic) bond motifs is 1. The molecule has 1 aromatic rings. The standard InChI is InChI=1S/C15H17ClO2/c1-2-10-5-6-15(8-10)9-13(17)12-7-11(16)3-4-14(12)18-15/h3-4,7,10H,2,5-6,8-9H2,1H3. The summed E-state index contributed by atoms with van der Waals surface area (Å²) >= 11 is 5.93. The van der Waals surface area contributed by atoms with E-state index in [4.69, 9.17) is 16.3 Å². The number of carbonyl (C=O) groups excluding carboxylic acids is 1. The lowest BCUT2D eigenvalue weighted by Crippen LogP contribution is -2.39. The third kappa shape index (κ3) is 1.93. The molecule has 18 heavy (non-hydrogen) atoms. The van der Waals surface area contributed by atoms with E-state index < -0.39 is 0 Å². The van der Waals surface area contributed by atoms with Crippen molar-refractivity contribution in [2.45, 2.75) is 44.6 Å². The van der Waals surface area contributed by atoms with Crippen LogP contribution in [0.5, 0.6) is 5.75 Å². The second-order valence-corrected chi connectivity index (χ2v) is 5.98. The number of Topliss-reactive ketones (excluding diaryl/α,β-unsaturated/α-hetero) is 1. The first kappa shape index (κ1) is 12.0. The molecule has 1 spiro atoms. The second-order valence-electron chi connectivity index (χ2n) is 5.54. The Morgan fingerprint density at radius 3 is 3.06 bits per heavy atom. The van der Waals surface area contributed by atoms with Crippen molar-refractivity contribution in [3.8, 4) is 5.75 Å². The quantitative estimate of drug-likeness (QED) is 0.758. The summed E-state index contributed by atoms with van der Waals surface area (Å²) in [4.78, 5) is 12.3. The molecule has 0 N–H and O–H groups in total. The average molecular weight is 265 g/mol. The van der Waals surface area contributed by atoms with Crippen LogP contribution in [0.1, 0.15) is 49.4 Å². The summed E-state index contributed by atoms with van der Waals surface area (Å²) in [6, 6.07) is 5.34. The third-order valence-corrected chi connectivity index (χ3v) is 4.53. The Morgan fingerprint density at radius 2 is 2.33 bits per heavy atom. The van der Waals surface area contributed by atoms with Crippen LogP contribution in [0.4, 0.5) is 0 Å². The van der Waals surface area contributed by atoms with E-state index in [1.807, 2.05) is 6.07 Å². The molecule has 2 aliphatic rings. The Labute approximate surface area is 112 Å². The van der Waals surface area contributed by atoms with Crippen LogP contribution < -0.4 is 4.74 Å². The highest BCUT2D eigenvalue weighted by atomic mass is 35.5. The highest BCUT2D eigenvalue weighted by molar-refractivity contribution is 6.31. The van der Waals surface area contributed by atoms with Crippen molar-refractivity contribution in [2.24, 2.45) is 5.92 Å². The minimum atomic E-state index is -0.238. The molecule has 3 heteroatoms. The van der Waals surface area contributed by atoms with Crippen molar-refractivity contribution >= 4 is 17.4 Å². The van der Waals surface area contributed by atoms with Gasteiger partial charge in [-0.1, -0.05) is 24.9 Å². The molecule has 1 saturated carbocycles. The second kappa shape index (κ2) is 4.27. The van der Waals surface area contributed by atoms with Gasteiger partial charge in [0.2, 0.25) is 0 Å². The maximum absolute atomic E-state index is 12.3. The van der Waals surface area contributed by atoms with E-state index >= 15 is 0 Å². The first-order chi connectivity index (χ1) is 8.62. The van der Waals surface area contributed by atoms with Crippen LogP contribution in [0.3, 0.4) is 0 Å². The van der Waals surface area contributed by atoms with Gasteiger partial charge in [-0.2, -0.15) is 0 Å². The lowest BCUT2D eigenvalue weighted by molar-refractivity contribution is 0.0423. The number of benzene rings is 1. The average Bonchev–Trinajstić information content (AvgIpc) is 2.73. The summed E-state index contributed by atoms with van der Waals surface area (Å²) in [6.45, 7) is 2.21. The van der Waals surface area contributed by atoms with Gasteiger partial charge in [-0.05, 0) is 43.4 Å². The summed E-state index contributed by atoms with van der Waals surface area (Å²) < 4.78 is 6.16. The van der Waals surface area contributed by atoms with Crippen LogP contribution in [0, 0.1) is 5.92 Å². The van der Waals surface area contributed by atoms with Crippen molar-refractivity contribution in [1.29, 1.82) is 0 Å². The van der Waals surface area contributed by atoms with E-state index in [0.29, 0.717) is 28.7 Å². The Hall–Kier alpha value is -1.02. The Balaban J connectivity index is 1.92. The van der Waals surface area contributed by atoms with E-state index in [1.54, 1.807) is 12.1 Å². The minimum Gasteiger partial charge on any atom is -0.486 e. The summed E-state index contributed by atoms with van der Waals surface area (Å²) in [5.74, 6) is 1.59. The molecular weight excluding hydrogens is 248 g/mol. The van der Waals surface area contributed by atoms with Crippen molar-refractivity contribution in [3.63, 3.8) is 0 Å². The maximum atomic E-state index is 12.3. The smallest absolute Gasteiger partial charge is 0.170 e. The molecule has 1 aliphatic carbocycles. The molecule has 2 atom stereocenters. The number of rotatable bonds is 1. The molecule has 2 unspecified atom stereocenters. The van der Waals surface area contributed by atoms with Crippen molar-refractivity contribution in [2.75, 3.05) is 0 Å². The number of ketones is 1. The number of hydrogen-bond acceptors (Lipinski definition) is 2. The lowest BCUT2D eigenvalue weighted by Gasteiger charge is -2.35. The normalized spacial score (nSPS) is 30.3. The first-order valence-electron chi connectivity index (χ1n) is 6.64. The predicted octanol–water partition coefficient (Wildman–Crippen LogP) is 4.25. The minimum absolute atomic E-state index is 0.176. The van der Waals surface area contributed by atoms with Gasteiger partial charge in [-0.25, -0.2) is 0 Å². The molecule has 2 nitrogen and oxygen atoms in total. The fourth-order valence-electron chi connectivity index (χ4n) is 3.27. The molecule has 0 amide bonds. The highest BCUT2D eigenvalue weighted by Crippen LogP contribution is 2.46. The molecule has 96 valence electrons. The van der Waals surface area contributed by atoms with Crippen molar-refractivity contribution in [3.05, 3.63) is 28.8 Å². The fraction of sp³-hybridized carbons (Fsp3) is 0.533. The number of halogens is 1. The zero-order valence-corrected chi connectivity index (χ0v) is 11.3. The number of ether oxygens (including phenoxy) is 1. The van der Waals surface area contributed by atoms with E-state index in [9.17, 15) is 4.79 Å². The number of carbonyl (C=O) groups is 1. The summed E-state index contributed by atoms with van der Waals surface area (Å²) in [5.41, 5.74) is 0.409. The van der Waals surface area contributed by atoms with E-state index in [-0.39, 0.29) is 11.4 Å². The predicted molar refractivity (Wildman–Crippen MR) is 71.4 cm³/mol. The monoisotopic (exact) mass is 264 g/mol. The van der Waals surface area contributed by atoms with Crippen LogP contribution in [0.25, 0.3) is 0 Å². The van der Waals surface area contributed by atoms with Crippen LogP contribution in [0.15, 0.2) is 18.2 Å². The van der Waals surface area contributed by atoms with Crippen LogP contribution in [-0.4, -0.2) is 11.4 Å². The molecule has 3 rings (SSSR count). The fourth-order valence-corrected chi connectivity index (χ4v) is 3.44. The van der Waals surface area contributed by atoms with E-state index in [0.717, 1.165) is 12.8 Å². The van der Waals surface area contributed by atoms with E-state index in [1.165, 1.54) is 12.8 Å². The Morgan fingerprint density at radius 1 is 1.50 bits per heavy atom. The molecule has 0 aromatic heterocycles. The first-order valence-corrected chi connectivity index (χ1v) is 7.01. The highest BCUT2D eigenvalue weighted by Gasteiger charge is 2.45. The zero-order valence-electron chi connectivity index (χ0n) is 10.5. The van der Waals surface area contributed by atoms with Gasteiger partial charge in [0, 0.05) is 5.02 Å². The van der Waals surface area contributed by atoms with Crippen LogP contribution >= 0.6 is 11.6 Å². The SMILES string of the molecule is CCC1CCC2(CC(=O)c3cc(Cl)ccc3O2)C1. The molecule has 1 fully saturated rings. The topological polar surface area (TPSA) is 26.3 Å².